The molecule has 0 spiro atoms. The molecule has 7 heteroatoms. The largest absolute Gasteiger partial charge is 0.618 e. The van der Waals surface area contributed by atoms with Crippen LogP contribution in [0.3, 0.4) is 0 Å². The van der Waals surface area contributed by atoms with Crippen LogP contribution in [0.1, 0.15) is 23.2 Å². The van der Waals surface area contributed by atoms with E-state index in [9.17, 15) is 14.8 Å². The van der Waals surface area contributed by atoms with Gasteiger partial charge in [-0.3, -0.25) is 9.59 Å². The molecule has 1 aliphatic rings. The summed E-state index contributed by atoms with van der Waals surface area (Å²) in [4.78, 5) is 23.8. The minimum Gasteiger partial charge on any atom is -0.618 e. The number of nitrogens with zero attached hydrogens (tertiary/aromatic N) is 1. The average molecular weight is 343 g/mol. The molecule has 6 nitrogen and oxygen atoms in total. The van der Waals surface area contributed by atoms with E-state index in [0.717, 1.165) is 17.6 Å². The van der Waals surface area contributed by atoms with Gasteiger partial charge >= 0.3 is 0 Å². The van der Waals surface area contributed by atoms with Crippen LogP contribution in [0.15, 0.2) is 53.7 Å². The van der Waals surface area contributed by atoms with Crippen molar-refractivity contribution in [3.05, 3.63) is 59.4 Å². The Morgan fingerprint density at radius 2 is 1.92 bits per heavy atom. The number of nitrogens with one attached hydrogen (secondary N) is 2. The van der Waals surface area contributed by atoms with Crippen LogP contribution in [0.4, 0.5) is 5.69 Å². The lowest BCUT2D eigenvalue weighted by atomic mass is 10.2. The zero-order valence-electron chi connectivity index (χ0n) is 12.9. The fraction of sp³-hybridized carbons (Fsp3) is 0.235. The van der Waals surface area contributed by atoms with Crippen LogP contribution in [-0.2, 0) is 4.79 Å². The molecule has 2 amide bonds. The number of carbonyl (C=O) groups excluding carboxylic acids is 2. The van der Waals surface area contributed by atoms with E-state index in [0.29, 0.717) is 22.3 Å². The van der Waals surface area contributed by atoms with E-state index in [-0.39, 0.29) is 17.6 Å². The average Bonchev–Trinajstić information content (AvgIpc) is 3.39. The van der Waals surface area contributed by atoms with Crippen molar-refractivity contribution in [3.63, 3.8) is 0 Å². The molecule has 124 valence electrons. The van der Waals surface area contributed by atoms with E-state index in [4.69, 9.17) is 0 Å². The number of rotatable bonds is 6. The number of hydrogen-bond acceptors (Lipinski definition) is 4. The van der Waals surface area contributed by atoms with Gasteiger partial charge in [0.25, 0.3) is 10.9 Å². The summed E-state index contributed by atoms with van der Waals surface area (Å²) in [6.07, 6.45) is 3.48. The number of benzene rings is 1. The lowest BCUT2D eigenvalue weighted by Gasteiger charge is -2.07. The Morgan fingerprint density at radius 3 is 2.58 bits per heavy atom. The van der Waals surface area contributed by atoms with Gasteiger partial charge < -0.3 is 15.8 Å². The highest BCUT2D eigenvalue weighted by atomic mass is 32.2. The third-order valence-electron chi connectivity index (χ3n) is 3.48. The highest BCUT2D eigenvalue weighted by Crippen LogP contribution is 2.20. The van der Waals surface area contributed by atoms with Crippen LogP contribution in [0, 0.1) is 5.21 Å². The maximum Gasteiger partial charge on any atom is 0.251 e. The predicted molar refractivity (Wildman–Crippen MR) is 91.7 cm³/mol. The van der Waals surface area contributed by atoms with Gasteiger partial charge in [0.15, 0.2) is 6.20 Å². The van der Waals surface area contributed by atoms with Gasteiger partial charge in [-0.05, 0) is 54.9 Å². The van der Waals surface area contributed by atoms with E-state index in [1.54, 1.807) is 42.5 Å². The summed E-state index contributed by atoms with van der Waals surface area (Å²) in [6.45, 7) is 0. The molecule has 24 heavy (non-hydrogen) atoms. The number of anilines is 1. The summed E-state index contributed by atoms with van der Waals surface area (Å²) in [6, 6.07) is 12.1. The lowest BCUT2D eigenvalue weighted by molar-refractivity contribution is -0.645. The molecule has 1 saturated carbocycles. The van der Waals surface area contributed by atoms with Gasteiger partial charge in [0, 0.05) is 29.4 Å². The van der Waals surface area contributed by atoms with E-state index in [2.05, 4.69) is 10.6 Å². The van der Waals surface area contributed by atoms with Crippen LogP contribution in [0.25, 0.3) is 0 Å². The summed E-state index contributed by atoms with van der Waals surface area (Å²) in [5.74, 6) is -0.162. The number of hydrogen-bond donors (Lipinski definition) is 2. The molecule has 3 rings (SSSR count). The zero-order valence-corrected chi connectivity index (χ0v) is 13.7. The topological polar surface area (TPSA) is 85.1 Å². The van der Waals surface area contributed by atoms with Crippen LogP contribution < -0.4 is 15.4 Å². The van der Waals surface area contributed by atoms with Crippen LogP contribution in [-0.4, -0.2) is 23.6 Å². The molecule has 2 N–H and O–H groups in total. The maximum absolute atomic E-state index is 11.9. The number of amides is 2. The monoisotopic (exact) mass is 343 g/mol. The minimum atomic E-state index is -0.209. The smallest absolute Gasteiger partial charge is 0.251 e. The Labute approximate surface area is 143 Å². The fourth-order valence-corrected chi connectivity index (χ4v) is 2.78. The SMILES string of the molecule is O=C(CSc1cccc[n+]1[O-])Nc1ccc(C(=O)NC2CC2)cc1. The van der Waals surface area contributed by atoms with Crippen molar-refractivity contribution in [3.8, 4) is 0 Å². The van der Waals surface area contributed by atoms with Gasteiger partial charge in [0.05, 0.1) is 5.75 Å². The van der Waals surface area contributed by atoms with Gasteiger partial charge in [-0.1, -0.05) is 0 Å². The van der Waals surface area contributed by atoms with E-state index < -0.39 is 0 Å². The highest BCUT2D eigenvalue weighted by Gasteiger charge is 2.23. The van der Waals surface area contributed by atoms with Crippen molar-refractivity contribution in [2.45, 2.75) is 23.9 Å². The molecular weight excluding hydrogens is 326 g/mol. The fourth-order valence-electron chi connectivity index (χ4n) is 2.06. The molecule has 1 aromatic heterocycles. The Hall–Kier alpha value is -2.54. The molecule has 0 aliphatic heterocycles. The number of carbonyl (C=O) groups is 2. The second-order valence-corrected chi connectivity index (χ2v) is 6.52. The van der Waals surface area contributed by atoms with Crippen LogP contribution in [0.2, 0.25) is 0 Å². The maximum atomic E-state index is 11.9. The predicted octanol–water partition coefficient (Wildman–Crippen LogP) is 1.94. The molecule has 1 aliphatic carbocycles. The zero-order chi connectivity index (χ0) is 16.9. The van der Waals surface area contributed by atoms with Crippen LogP contribution >= 0.6 is 11.8 Å². The summed E-state index contributed by atoms with van der Waals surface area (Å²) in [5, 5.41) is 17.6. The molecule has 1 aromatic carbocycles. The third-order valence-corrected chi connectivity index (χ3v) is 4.50. The second-order valence-electron chi connectivity index (χ2n) is 5.53. The Morgan fingerprint density at radius 1 is 1.17 bits per heavy atom. The molecule has 0 saturated heterocycles. The van der Waals surface area contributed by atoms with Crippen LogP contribution in [0.5, 0.6) is 0 Å². The first-order valence-corrected chi connectivity index (χ1v) is 8.62. The minimum absolute atomic E-state index is 0.0880. The number of aromatic nitrogens is 1. The van der Waals surface area contributed by atoms with Gasteiger partial charge in [0.2, 0.25) is 5.91 Å². The Kier molecular flexibility index (Phi) is 5.00. The third kappa shape index (κ3) is 4.48. The van der Waals surface area contributed by atoms with Crippen molar-refractivity contribution >= 4 is 29.3 Å². The van der Waals surface area contributed by atoms with Gasteiger partial charge in [0.1, 0.15) is 0 Å². The van der Waals surface area contributed by atoms with E-state index in [1.807, 2.05) is 0 Å². The molecular formula is C17H17N3O3S. The first-order chi connectivity index (χ1) is 11.6. The summed E-state index contributed by atoms with van der Waals surface area (Å²) < 4.78 is 0.727. The van der Waals surface area contributed by atoms with E-state index >= 15 is 0 Å². The van der Waals surface area contributed by atoms with Crippen molar-refractivity contribution in [1.29, 1.82) is 0 Å². The van der Waals surface area contributed by atoms with Crippen molar-refractivity contribution in [1.82, 2.24) is 5.32 Å². The van der Waals surface area contributed by atoms with E-state index in [1.165, 1.54) is 18.0 Å². The lowest BCUT2D eigenvalue weighted by Crippen LogP contribution is -2.28. The molecule has 0 radical (unpaired) electrons. The molecule has 0 unspecified atom stereocenters. The first-order valence-electron chi connectivity index (χ1n) is 7.63. The van der Waals surface area contributed by atoms with Gasteiger partial charge in [-0.15, -0.1) is 0 Å². The standard InChI is InChI=1S/C17H17N3O3S/c21-15(11-24-16-3-1-2-10-20(16)23)18-13-6-4-12(5-7-13)17(22)19-14-8-9-14/h1-7,10,14H,8-9,11H2,(H,18,21)(H,19,22). The quantitative estimate of drug-likeness (QED) is 0.477. The highest BCUT2D eigenvalue weighted by molar-refractivity contribution is 7.99. The normalized spacial score (nSPS) is 13.3. The first kappa shape index (κ1) is 16.3. The van der Waals surface area contributed by atoms with Crippen molar-refractivity contribution in [2.24, 2.45) is 0 Å². The molecule has 1 heterocycles. The molecule has 2 aromatic rings. The van der Waals surface area contributed by atoms with Crippen molar-refractivity contribution < 1.29 is 14.3 Å². The van der Waals surface area contributed by atoms with Crippen molar-refractivity contribution in [2.75, 3.05) is 11.1 Å². The summed E-state index contributed by atoms with van der Waals surface area (Å²) >= 11 is 1.17. The Bertz CT molecular complexity index is 745. The second kappa shape index (κ2) is 7.35. The van der Waals surface area contributed by atoms with Gasteiger partial charge in [-0.25, -0.2) is 0 Å². The number of thioether (sulfide) groups is 1. The molecule has 0 bridgehead atoms. The molecule has 1 fully saturated rings. The van der Waals surface area contributed by atoms with Gasteiger partial charge in [-0.2, -0.15) is 4.73 Å². The Balaban J connectivity index is 1.50. The number of pyridine rings is 1. The summed E-state index contributed by atoms with van der Waals surface area (Å²) in [5.41, 5.74) is 1.19. The molecule has 0 atom stereocenters. The summed E-state index contributed by atoms with van der Waals surface area (Å²) in [7, 11) is 0.